The van der Waals surface area contributed by atoms with Crippen molar-refractivity contribution in [3.8, 4) is 0 Å². The minimum Gasteiger partial charge on any atom is -0.308 e. The summed E-state index contributed by atoms with van der Waals surface area (Å²) in [5.74, 6) is 0. The highest BCUT2D eigenvalue weighted by molar-refractivity contribution is 6.00. The first kappa shape index (κ1) is 19.1. The Labute approximate surface area is 162 Å². The first-order chi connectivity index (χ1) is 13.3. The Hall–Kier alpha value is -3.68. The van der Waals surface area contributed by atoms with Crippen molar-refractivity contribution < 1.29 is 9.72 Å². The molecule has 1 heterocycles. The molecule has 28 heavy (non-hydrogen) atoms. The zero-order chi connectivity index (χ0) is 20.3. The molecule has 0 spiro atoms. The number of nitrogens with one attached hydrogen (secondary N) is 2. The molecule has 144 valence electrons. The van der Waals surface area contributed by atoms with E-state index >= 15 is 0 Å². The zero-order valence-electron chi connectivity index (χ0n) is 15.9. The second-order valence-corrected chi connectivity index (χ2v) is 6.51. The molecule has 8 heteroatoms. The lowest BCUT2D eigenvalue weighted by Gasteiger charge is -2.10. The predicted octanol–water partition coefficient (Wildman–Crippen LogP) is 4.41. The number of aryl methyl sites for hydroxylation is 2. The standard InChI is InChI=1S/C20H21N5O3/c1-13-6-4-5-7-16(13)12-24-15(3)19(14(2)23-24)22-20(26)21-17-8-10-18(11-9-17)25(27)28/h4-11H,12H2,1-3H3,(H2,21,22,26). The lowest BCUT2D eigenvalue weighted by molar-refractivity contribution is -0.384. The molecule has 0 unspecified atom stereocenters. The van der Waals surface area contributed by atoms with E-state index in [0.29, 0.717) is 23.6 Å². The van der Waals surface area contributed by atoms with Crippen molar-refractivity contribution in [1.29, 1.82) is 0 Å². The maximum Gasteiger partial charge on any atom is 0.323 e. The van der Waals surface area contributed by atoms with Crippen LogP contribution in [0.2, 0.25) is 0 Å². The average Bonchev–Trinajstić information content (AvgIpc) is 2.91. The molecule has 0 atom stereocenters. The fourth-order valence-electron chi connectivity index (χ4n) is 2.92. The van der Waals surface area contributed by atoms with Crippen molar-refractivity contribution in [2.45, 2.75) is 27.3 Å². The molecule has 3 rings (SSSR count). The van der Waals surface area contributed by atoms with Crippen LogP contribution in [0.1, 0.15) is 22.5 Å². The number of carbonyl (C=O) groups is 1. The van der Waals surface area contributed by atoms with Crippen LogP contribution in [0.5, 0.6) is 0 Å². The van der Waals surface area contributed by atoms with E-state index < -0.39 is 11.0 Å². The zero-order valence-corrected chi connectivity index (χ0v) is 15.9. The third-order valence-corrected chi connectivity index (χ3v) is 4.54. The monoisotopic (exact) mass is 379 g/mol. The summed E-state index contributed by atoms with van der Waals surface area (Å²) in [5.41, 5.74) is 4.98. The van der Waals surface area contributed by atoms with Crippen LogP contribution in [0, 0.1) is 30.9 Å². The van der Waals surface area contributed by atoms with Crippen molar-refractivity contribution in [2.24, 2.45) is 0 Å². The highest BCUT2D eigenvalue weighted by Crippen LogP contribution is 2.22. The summed E-state index contributed by atoms with van der Waals surface area (Å²) in [7, 11) is 0. The van der Waals surface area contributed by atoms with Gasteiger partial charge in [-0.3, -0.25) is 14.8 Å². The van der Waals surface area contributed by atoms with E-state index in [1.165, 1.54) is 29.8 Å². The quantitative estimate of drug-likeness (QED) is 0.506. The van der Waals surface area contributed by atoms with E-state index in [2.05, 4.69) is 34.8 Å². The maximum absolute atomic E-state index is 12.3. The van der Waals surface area contributed by atoms with Crippen molar-refractivity contribution >= 4 is 23.1 Å². The van der Waals surface area contributed by atoms with Crippen LogP contribution in [0.25, 0.3) is 0 Å². The second-order valence-electron chi connectivity index (χ2n) is 6.51. The van der Waals surface area contributed by atoms with Crippen LogP contribution < -0.4 is 10.6 Å². The number of nitro benzene ring substituents is 1. The smallest absolute Gasteiger partial charge is 0.308 e. The topological polar surface area (TPSA) is 102 Å². The molecule has 0 aliphatic carbocycles. The van der Waals surface area contributed by atoms with Gasteiger partial charge in [0.2, 0.25) is 0 Å². The summed E-state index contributed by atoms with van der Waals surface area (Å²) in [4.78, 5) is 22.5. The van der Waals surface area contributed by atoms with Gasteiger partial charge in [0.1, 0.15) is 0 Å². The van der Waals surface area contributed by atoms with Crippen molar-refractivity contribution in [3.63, 3.8) is 0 Å². The molecule has 0 saturated carbocycles. The first-order valence-electron chi connectivity index (χ1n) is 8.76. The Morgan fingerprint density at radius 2 is 1.75 bits per heavy atom. The molecule has 8 nitrogen and oxygen atoms in total. The molecule has 2 N–H and O–H groups in total. The van der Waals surface area contributed by atoms with Crippen LogP contribution in [0.15, 0.2) is 48.5 Å². The summed E-state index contributed by atoms with van der Waals surface area (Å²) < 4.78 is 1.86. The normalized spacial score (nSPS) is 10.5. The molecular formula is C20H21N5O3. The van der Waals surface area contributed by atoms with Gasteiger partial charge >= 0.3 is 6.03 Å². The molecule has 2 amide bonds. The Bertz CT molecular complexity index is 1020. The molecule has 0 aliphatic rings. The van der Waals surface area contributed by atoms with Gasteiger partial charge in [0.25, 0.3) is 5.69 Å². The number of hydrogen-bond donors (Lipinski definition) is 2. The van der Waals surface area contributed by atoms with E-state index in [1.807, 2.05) is 30.7 Å². The van der Waals surface area contributed by atoms with Crippen LogP contribution in [0.3, 0.4) is 0 Å². The van der Waals surface area contributed by atoms with Gasteiger partial charge in [0.05, 0.1) is 28.5 Å². The van der Waals surface area contributed by atoms with Gasteiger partial charge in [-0.05, 0) is 44.0 Å². The van der Waals surface area contributed by atoms with Gasteiger partial charge in [-0.2, -0.15) is 5.10 Å². The van der Waals surface area contributed by atoms with Gasteiger partial charge in [-0.25, -0.2) is 4.79 Å². The van der Waals surface area contributed by atoms with Crippen LogP contribution in [0.4, 0.5) is 21.9 Å². The fourth-order valence-corrected chi connectivity index (χ4v) is 2.92. The summed E-state index contributed by atoms with van der Waals surface area (Å²) in [6.07, 6.45) is 0. The van der Waals surface area contributed by atoms with Gasteiger partial charge in [-0.15, -0.1) is 0 Å². The number of hydrogen-bond acceptors (Lipinski definition) is 4. The Morgan fingerprint density at radius 3 is 2.39 bits per heavy atom. The lowest BCUT2D eigenvalue weighted by Crippen LogP contribution is -2.20. The number of benzene rings is 2. The number of urea groups is 1. The number of rotatable bonds is 5. The Balaban J connectivity index is 1.72. The largest absolute Gasteiger partial charge is 0.323 e. The molecule has 3 aromatic rings. The van der Waals surface area contributed by atoms with Crippen molar-refractivity contribution in [1.82, 2.24) is 9.78 Å². The second kappa shape index (κ2) is 7.91. The van der Waals surface area contributed by atoms with E-state index in [-0.39, 0.29) is 5.69 Å². The highest BCUT2D eigenvalue weighted by atomic mass is 16.6. The number of nitrogens with zero attached hydrogens (tertiary/aromatic N) is 3. The van der Waals surface area contributed by atoms with E-state index in [0.717, 1.165) is 11.3 Å². The summed E-state index contributed by atoms with van der Waals surface area (Å²) in [6, 6.07) is 13.3. The maximum atomic E-state index is 12.3. The molecule has 0 aliphatic heterocycles. The van der Waals surface area contributed by atoms with E-state index in [4.69, 9.17) is 0 Å². The summed E-state index contributed by atoms with van der Waals surface area (Å²) >= 11 is 0. The lowest BCUT2D eigenvalue weighted by atomic mass is 10.1. The van der Waals surface area contributed by atoms with E-state index in [9.17, 15) is 14.9 Å². The van der Waals surface area contributed by atoms with Crippen molar-refractivity contribution in [2.75, 3.05) is 10.6 Å². The van der Waals surface area contributed by atoms with Crippen molar-refractivity contribution in [3.05, 3.63) is 81.2 Å². The third kappa shape index (κ3) is 4.17. The van der Waals surface area contributed by atoms with Gasteiger partial charge in [0, 0.05) is 17.8 Å². The van der Waals surface area contributed by atoms with Crippen LogP contribution in [-0.4, -0.2) is 20.7 Å². The summed E-state index contributed by atoms with van der Waals surface area (Å²) in [5, 5.41) is 20.7. The van der Waals surface area contributed by atoms with Gasteiger partial charge in [0.15, 0.2) is 0 Å². The first-order valence-corrected chi connectivity index (χ1v) is 8.76. The SMILES string of the molecule is Cc1ccccc1Cn1nc(C)c(NC(=O)Nc2ccc([N+](=O)[O-])cc2)c1C. The third-order valence-electron chi connectivity index (χ3n) is 4.54. The van der Waals surface area contributed by atoms with Crippen LogP contribution in [-0.2, 0) is 6.54 Å². The average molecular weight is 379 g/mol. The van der Waals surface area contributed by atoms with E-state index in [1.54, 1.807) is 0 Å². The summed E-state index contributed by atoms with van der Waals surface area (Å²) in [6.45, 7) is 6.41. The fraction of sp³-hybridized carbons (Fsp3) is 0.200. The number of amides is 2. The molecule has 2 aromatic carbocycles. The van der Waals surface area contributed by atoms with Gasteiger partial charge in [-0.1, -0.05) is 24.3 Å². The minimum atomic E-state index is -0.487. The number of aromatic nitrogens is 2. The molecule has 1 aromatic heterocycles. The molecule has 0 radical (unpaired) electrons. The number of anilines is 2. The number of non-ortho nitro benzene ring substituents is 1. The molecule has 0 saturated heterocycles. The highest BCUT2D eigenvalue weighted by Gasteiger charge is 2.15. The molecular weight excluding hydrogens is 358 g/mol. The predicted molar refractivity (Wildman–Crippen MR) is 108 cm³/mol. The minimum absolute atomic E-state index is 0.0323. The Morgan fingerprint density at radius 1 is 1.07 bits per heavy atom. The number of nitro groups is 1. The molecule has 0 fully saturated rings. The van der Waals surface area contributed by atoms with Crippen LogP contribution >= 0.6 is 0 Å². The number of carbonyl (C=O) groups excluding carboxylic acids is 1. The van der Waals surface area contributed by atoms with Gasteiger partial charge < -0.3 is 10.6 Å². The molecule has 0 bridgehead atoms. The Kier molecular flexibility index (Phi) is 5.39.